The van der Waals surface area contributed by atoms with Crippen molar-refractivity contribution >= 4 is 12.4 Å². The molecule has 2 nitrogen and oxygen atoms in total. The maximum atomic E-state index is 5.62. The minimum absolute atomic E-state index is 0. The molecule has 0 radical (unpaired) electrons. The van der Waals surface area contributed by atoms with E-state index in [1.165, 1.54) is 0 Å². The number of hydrogen-bond donors (Lipinski definition) is 1. The minimum atomic E-state index is 0. The fourth-order valence-corrected chi connectivity index (χ4v) is 1.19. The van der Waals surface area contributed by atoms with Crippen LogP contribution in [0.1, 0.15) is 19.3 Å². The van der Waals surface area contributed by atoms with Gasteiger partial charge in [-0.15, -0.1) is 12.4 Å². The summed E-state index contributed by atoms with van der Waals surface area (Å²) in [5.41, 5.74) is 5.62. The van der Waals surface area contributed by atoms with E-state index in [1.54, 1.807) is 7.11 Å². The lowest BCUT2D eigenvalue weighted by molar-refractivity contribution is 0.108. The molecule has 9 heavy (non-hydrogen) atoms. The van der Waals surface area contributed by atoms with E-state index in [4.69, 9.17) is 10.5 Å². The summed E-state index contributed by atoms with van der Waals surface area (Å²) in [7, 11) is 1.75. The van der Waals surface area contributed by atoms with Crippen molar-refractivity contribution in [2.75, 3.05) is 7.11 Å². The summed E-state index contributed by atoms with van der Waals surface area (Å²) in [6.45, 7) is 0. The third-order valence-electron chi connectivity index (χ3n) is 1.76. The first-order valence-electron chi connectivity index (χ1n) is 3.11. The third-order valence-corrected chi connectivity index (χ3v) is 1.76. The van der Waals surface area contributed by atoms with Gasteiger partial charge in [0.1, 0.15) is 0 Å². The Bertz CT molecular complexity index is 79.5. The number of rotatable bonds is 1. The van der Waals surface area contributed by atoms with Gasteiger partial charge in [0.2, 0.25) is 0 Å². The van der Waals surface area contributed by atoms with Gasteiger partial charge in [0.25, 0.3) is 0 Å². The number of methoxy groups -OCH3 is 1. The van der Waals surface area contributed by atoms with Crippen LogP contribution in [0.4, 0.5) is 0 Å². The molecule has 0 aromatic rings. The standard InChI is InChI=1S/C6H13NO.ClH/c1-8-6-3-2-5(7)4-6;/h5-6H,2-4,7H2,1H3;1H/t5-,6-;/m1./s1. The quantitative estimate of drug-likeness (QED) is 0.606. The predicted octanol–water partition coefficient (Wildman–Crippen LogP) is 0.934. The first-order chi connectivity index (χ1) is 3.83. The molecule has 0 heterocycles. The topological polar surface area (TPSA) is 35.2 Å². The van der Waals surface area contributed by atoms with Gasteiger partial charge in [-0.05, 0) is 19.3 Å². The van der Waals surface area contributed by atoms with Gasteiger partial charge in [0.15, 0.2) is 0 Å². The SMILES string of the molecule is CO[C@@H]1CC[C@@H](N)C1.Cl. The lowest BCUT2D eigenvalue weighted by atomic mass is 10.3. The zero-order valence-electron chi connectivity index (χ0n) is 5.67. The second kappa shape index (κ2) is 4.09. The Kier molecular flexibility index (Phi) is 4.19. The van der Waals surface area contributed by atoms with E-state index in [0.717, 1.165) is 19.3 Å². The fraction of sp³-hybridized carbons (Fsp3) is 1.00. The lowest BCUT2D eigenvalue weighted by Crippen LogP contribution is -2.16. The van der Waals surface area contributed by atoms with Gasteiger partial charge in [0.05, 0.1) is 6.10 Å². The zero-order chi connectivity index (χ0) is 5.98. The van der Waals surface area contributed by atoms with Gasteiger partial charge in [-0.3, -0.25) is 0 Å². The Balaban J connectivity index is 0.000000640. The molecule has 1 saturated carbocycles. The second-order valence-corrected chi connectivity index (χ2v) is 2.43. The normalized spacial score (nSPS) is 34.0. The van der Waals surface area contributed by atoms with Crippen LogP contribution in [0.5, 0.6) is 0 Å². The number of halogens is 1. The molecule has 1 fully saturated rings. The summed E-state index contributed by atoms with van der Waals surface area (Å²) >= 11 is 0. The van der Waals surface area contributed by atoms with E-state index in [0.29, 0.717) is 12.1 Å². The van der Waals surface area contributed by atoms with Crippen LogP contribution in [0.25, 0.3) is 0 Å². The Hall–Kier alpha value is 0.210. The number of ether oxygens (including phenoxy) is 1. The summed E-state index contributed by atoms with van der Waals surface area (Å²) in [6, 6.07) is 0.403. The molecule has 1 aliphatic carbocycles. The van der Waals surface area contributed by atoms with Crippen molar-refractivity contribution in [3.63, 3.8) is 0 Å². The molecule has 0 aliphatic heterocycles. The predicted molar refractivity (Wildman–Crippen MR) is 39.9 cm³/mol. The van der Waals surface area contributed by atoms with Crippen LogP contribution in [-0.4, -0.2) is 19.3 Å². The van der Waals surface area contributed by atoms with Crippen molar-refractivity contribution < 1.29 is 4.74 Å². The molecule has 0 bridgehead atoms. The minimum Gasteiger partial charge on any atom is -0.381 e. The molecule has 0 spiro atoms. The Morgan fingerprint density at radius 2 is 2.11 bits per heavy atom. The fourth-order valence-electron chi connectivity index (χ4n) is 1.19. The third kappa shape index (κ3) is 2.52. The van der Waals surface area contributed by atoms with Crippen LogP contribution in [0, 0.1) is 0 Å². The Morgan fingerprint density at radius 1 is 1.44 bits per heavy atom. The molecular weight excluding hydrogens is 138 g/mol. The van der Waals surface area contributed by atoms with E-state index in [-0.39, 0.29) is 12.4 Å². The molecule has 2 N–H and O–H groups in total. The van der Waals surface area contributed by atoms with E-state index in [1.807, 2.05) is 0 Å². The van der Waals surface area contributed by atoms with Crippen LogP contribution in [0.3, 0.4) is 0 Å². The van der Waals surface area contributed by atoms with Gasteiger partial charge in [-0.2, -0.15) is 0 Å². The van der Waals surface area contributed by atoms with Crippen molar-refractivity contribution in [3.05, 3.63) is 0 Å². The molecule has 1 rings (SSSR count). The summed E-state index contributed by atoms with van der Waals surface area (Å²) in [5, 5.41) is 0. The van der Waals surface area contributed by atoms with Crippen LogP contribution in [-0.2, 0) is 4.74 Å². The first-order valence-corrected chi connectivity index (χ1v) is 3.11. The summed E-state index contributed by atoms with van der Waals surface area (Å²) in [6.07, 6.45) is 3.79. The highest BCUT2D eigenvalue weighted by Gasteiger charge is 2.20. The maximum absolute atomic E-state index is 5.62. The molecule has 3 heteroatoms. The van der Waals surface area contributed by atoms with Crippen molar-refractivity contribution in [2.45, 2.75) is 31.4 Å². The van der Waals surface area contributed by atoms with Crippen LogP contribution < -0.4 is 5.73 Å². The highest BCUT2D eigenvalue weighted by Crippen LogP contribution is 2.18. The molecule has 0 unspecified atom stereocenters. The molecule has 2 atom stereocenters. The van der Waals surface area contributed by atoms with Crippen molar-refractivity contribution in [3.8, 4) is 0 Å². The van der Waals surface area contributed by atoms with E-state index in [2.05, 4.69) is 0 Å². The molecule has 0 aromatic heterocycles. The van der Waals surface area contributed by atoms with E-state index >= 15 is 0 Å². The van der Waals surface area contributed by atoms with Gasteiger partial charge in [-0.25, -0.2) is 0 Å². The zero-order valence-corrected chi connectivity index (χ0v) is 6.49. The first kappa shape index (κ1) is 9.21. The highest BCUT2D eigenvalue weighted by atomic mass is 35.5. The van der Waals surface area contributed by atoms with Gasteiger partial charge in [0, 0.05) is 13.2 Å². The molecule has 0 amide bonds. The maximum Gasteiger partial charge on any atom is 0.0586 e. The molecule has 0 aromatic carbocycles. The highest BCUT2D eigenvalue weighted by molar-refractivity contribution is 5.85. The van der Waals surface area contributed by atoms with E-state index < -0.39 is 0 Å². The Morgan fingerprint density at radius 3 is 2.33 bits per heavy atom. The van der Waals surface area contributed by atoms with Crippen LogP contribution in [0.2, 0.25) is 0 Å². The van der Waals surface area contributed by atoms with Crippen molar-refractivity contribution in [1.29, 1.82) is 0 Å². The average molecular weight is 152 g/mol. The number of hydrogen-bond acceptors (Lipinski definition) is 2. The lowest BCUT2D eigenvalue weighted by Gasteiger charge is -2.04. The summed E-state index contributed by atoms with van der Waals surface area (Å²) < 4.78 is 5.10. The second-order valence-electron chi connectivity index (χ2n) is 2.43. The summed E-state index contributed by atoms with van der Waals surface area (Å²) in [4.78, 5) is 0. The van der Waals surface area contributed by atoms with Crippen molar-refractivity contribution in [2.24, 2.45) is 5.73 Å². The van der Waals surface area contributed by atoms with E-state index in [9.17, 15) is 0 Å². The largest absolute Gasteiger partial charge is 0.381 e. The molecule has 0 saturated heterocycles. The number of nitrogens with two attached hydrogens (primary N) is 1. The van der Waals surface area contributed by atoms with Gasteiger partial charge < -0.3 is 10.5 Å². The summed E-state index contributed by atoms with van der Waals surface area (Å²) in [5.74, 6) is 0. The van der Waals surface area contributed by atoms with Gasteiger partial charge >= 0.3 is 0 Å². The smallest absolute Gasteiger partial charge is 0.0586 e. The van der Waals surface area contributed by atoms with Crippen LogP contribution >= 0.6 is 12.4 Å². The van der Waals surface area contributed by atoms with Crippen LogP contribution in [0.15, 0.2) is 0 Å². The monoisotopic (exact) mass is 151 g/mol. The van der Waals surface area contributed by atoms with Crippen molar-refractivity contribution in [1.82, 2.24) is 0 Å². The van der Waals surface area contributed by atoms with Gasteiger partial charge in [-0.1, -0.05) is 0 Å². The molecule has 56 valence electrons. The average Bonchev–Trinajstić information content (AvgIpc) is 2.14. The Labute approximate surface area is 62.2 Å². The molecule has 1 aliphatic rings. The molecular formula is C6H14ClNO.